The largest absolute Gasteiger partial charge is 0.484 e. The Balaban J connectivity index is 2.38. The molecule has 0 radical (unpaired) electrons. The summed E-state index contributed by atoms with van der Waals surface area (Å²) in [6.07, 6.45) is 2.87. The molecule has 0 fully saturated rings. The molecule has 2 rings (SSSR count). The number of benzene rings is 1. The van der Waals surface area contributed by atoms with Gasteiger partial charge in [-0.05, 0) is 29.4 Å². The lowest BCUT2D eigenvalue weighted by Gasteiger charge is -2.26. The van der Waals surface area contributed by atoms with Crippen LogP contribution in [0.1, 0.15) is 31.4 Å². The minimum Gasteiger partial charge on any atom is -0.427 e. The molecule has 0 saturated heterocycles. The lowest BCUT2D eigenvalue weighted by atomic mass is 9.71. The molecule has 0 atom stereocenters. The first-order chi connectivity index (χ1) is 8.99. The van der Waals surface area contributed by atoms with E-state index in [0.29, 0.717) is 11.9 Å². The van der Waals surface area contributed by atoms with E-state index < -0.39 is 17.1 Å². The average molecular weight is 280 g/mol. The maximum absolute atomic E-state index is 12.0. The zero-order valence-corrected chi connectivity index (χ0v) is 11.9. The van der Waals surface area contributed by atoms with E-state index >= 15 is 0 Å². The Labute approximate surface area is 114 Å². The van der Waals surface area contributed by atoms with Crippen molar-refractivity contribution in [2.45, 2.75) is 26.7 Å². The summed E-state index contributed by atoms with van der Waals surface area (Å²) in [7, 11) is -4.79. The number of aryl methyl sites for hydroxylation is 1. The molecular weight excluding hydrogens is 263 g/mol. The summed E-state index contributed by atoms with van der Waals surface area (Å²) in [5, 5.41) is 14.1. The molecule has 0 bridgehead atoms. The van der Waals surface area contributed by atoms with Crippen LogP contribution in [0.15, 0.2) is 23.3 Å². The van der Waals surface area contributed by atoms with Crippen LogP contribution in [0.25, 0.3) is 0 Å². The van der Waals surface area contributed by atoms with Crippen molar-refractivity contribution in [3.8, 4) is 0 Å². The zero-order chi connectivity index (χ0) is 14.0. The van der Waals surface area contributed by atoms with E-state index in [-0.39, 0.29) is 5.75 Å². The van der Waals surface area contributed by atoms with Crippen LogP contribution >= 0.6 is 0 Å². The van der Waals surface area contributed by atoms with Crippen molar-refractivity contribution in [1.29, 1.82) is 0 Å². The summed E-state index contributed by atoms with van der Waals surface area (Å²) in [4.78, 5) is 0. The number of rotatable bonds is 4. The van der Waals surface area contributed by atoms with Gasteiger partial charge in [0.1, 0.15) is 0 Å². The predicted octanol–water partition coefficient (Wildman–Crippen LogP) is 0.326. The number of nitrogens with zero attached hydrogens (tertiary/aromatic N) is 2. The minimum atomic E-state index is -3.56. The molecule has 1 aliphatic rings. The van der Waals surface area contributed by atoms with Gasteiger partial charge in [0, 0.05) is 0 Å². The average Bonchev–Trinajstić information content (AvgIpc) is 2.38. The molecule has 102 valence electrons. The first-order valence-corrected chi connectivity index (χ1v) is 7.97. The summed E-state index contributed by atoms with van der Waals surface area (Å²) in [6, 6.07) is 5.58. The monoisotopic (exact) mass is 280 g/mol. The van der Waals surface area contributed by atoms with Crippen molar-refractivity contribution in [3.63, 3.8) is 0 Å². The second-order valence-corrected chi connectivity index (χ2v) is 6.47. The summed E-state index contributed by atoms with van der Waals surface area (Å²) < 4.78 is 24.8. The summed E-state index contributed by atoms with van der Waals surface area (Å²) in [6.45, 7) is 3.81. The molecule has 0 aromatic heterocycles. The molecule has 1 heterocycles. The molecule has 0 amide bonds. The van der Waals surface area contributed by atoms with Crippen LogP contribution in [0, 0.1) is 0 Å². The Bertz CT molecular complexity index is 601. The molecule has 1 N–H and O–H groups in total. The highest BCUT2D eigenvalue weighted by Crippen LogP contribution is 2.13. The smallest absolute Gasteiger partial charge is 0.427 e. The third kappa shape index (κ3) is 2.67. The molecule has 0 saturated carbocycles. The van der Waals surface area contributed by atoms with Crippen molar-refractivity contribution in [1.82, 2.24) is 4.33 Å². The van der Waals surface area contributed by atoms with Gasteiger partial charge in [0.05, 0.1) is 12.0 Å². The first-order valence-electron chi connectivity index (χ1n) is 6.36. The van der Waals surface area contributed by atoms with Gasteiger partial charge in [-0.1, -0.05) is 32.0 Å². The summed E-state index contributed by atoms with van der Waals surface area (Å²) in [5.41, 5.74) is 2.48. The van der Waals surface area contributed by atoms with Gasteiger partial charge in [-0.2, -0.15) is 5.10 Å². The Hall–Kier alpha value is -1.34. The van der Waals surface area contributed by atoms with Crippen molar-refractivity contribution in [2.24, 2.45) is 5.10 Å². The number of hydrogen-bond donors (Lipinski definition) is 1. The molecule has 0 spiro atoms. The summed E-state index contributed by atoms with van der Waals surface area (Å²) >= 11 is 0. The van der Waals surface area contributed by atoms with Crippen LogP contribution in [-0.4, -0.2) is 36.8 Å². The van der Waals surface area contributed by atoms with E-state index in [9.17, 15) is 13.4 Å². The van der Waals surface area contributed by atoms with Gasteiger partial charge >= 0.3 is 7.05 Å². The number of hydrogen-bond acceptors (Lipinski definition) is 4. The Kier molecular flexibility index (Phi) is 3.96. The molecule has 1 aromatic rings. The fourth-order valence-electron chi connectivity index (χ4n) is 2.07. The van der Waals surface area contributed by atoms with E-state index in [1.807, 2.05) is 19.1 Å². The van der Waals surface area contributed by atoms with Gasteiger partial charge in [0.15, 0.2) is 0 Å². The molecule has 19 heavy (non-hydrogen) atoms. The van der Waals surface area contributed by atoms with Crippen molar-refractivity contribution >= 4 is 28.8 Å². The zero-order valence-electron chi connectivity index (χ0n) is 11.1. The van der Waals surface area contributed by atoms with Crippen LogP contribution in [0.3, 0.4) is 0 Å². The van der Waals surface area contributed by atoms with E-state index in [4.69, 9.17) is 0 Å². The van der Waals surface area contributed by atoms with Crippen molar-refractivity contribution in [3.05, 3.63) is 29.3 Å². The Morgan fingerprint density at radius 3 is 2.74 bits per heavy atom. The number of hydrazone groups is 1. The fraction of sp³-hybridized carbons (Fsp3) is 0.417. The van der Waals surface area contributed by atoms with Gasteiger partial charge in [0.2, 0.25) is 10.0 Å². The lowest BCUT2D eigenvalue weighted by molar-refractivity contribution is 0.475. The second kappa shape index (κ2) is 5.34. The van der Waals surface area contributed by atoms with Crippen LogP contribution in [0.2, 0.25) is 0 Å². The predicted molar refractivity (Wildman–Crippen MR) is 76.9 cm³/mol. The van der Waals surface area contributed by atoms with E-state index in [0.717, 1.165) is 21.9 Å². The van der Waals surface area contributed by atoms with Crippen LogP contribution in [0.4, 0.5) is 0 Å². The van der Waals surface area contributed by atoms with Gasteiger partial charge in [-0.3, -0.25) is 0 Å². The van der Waals surface area contributed by atoms with Crippen molar-refractivity contribution < 1.29 is 13.4 Å². The topological polar surface area (TPSA) is 70.0 Å². The molecule has 1 aliphatic heterocycles. The number of fused-ring (bicyclic) bond motifs is 1. The Morgan fingerprint density at radius 1 is 1.37 bits per heavy atom. The van der Waals surface area contributed by atoms with Gasteiger partial charge in [-0.15, -0.1) is 0 Å². The van der Waals surface area contributed by atoms with Gasteiger partial charge in [0.25, 0.3) is 0 Å². The SMILES string of the molecule is CCCS(=O)(=O)N1N=Cc2cc(CC)ccc2B1O. The lowest BCUT2D eigenvalue weighted by Crippen LogP contribution is -2.52. The molecular formula is C12H17BN2O3S. The summed E-state index contributed by atoms with van der Waals surface area (Å²) in [5.74, 6) is -0.0240. The minimum absolute atomic E-state index is 0.0240. The third-order valence-corrected chi connectivity index (χ3v) is 4.89. The van der Waals surface area contributed by atoms with E-state index in [1.54, 1.807) is 13.0 Å². The highest BCUT2D eigenvalue weighted by molar-refractivity contribution is 7.90. The fourth-order valence-corrected chi connectivity index (χ4v) is 3.38. The van der Waals surface area contributed by atoms with Gasteiger partial charge < -0.3 is 5.02 Å². The molecule has 0 unspecified atom stereocenters. The quantitative estimate of drug-likeness (QED) is 0.808. The number of sulfonamides is 1. The van der Waals surface area contributed by atoms with Crippen LogP contribution < -0.4 is 5.46 Å². The Morgan fingerprint density at radius 2 is 2.11 bits per heavy atom. The first kappa shape index (κ1) is 14.1. The van der Waals surface area contributed by atoms with Crippen LogP contribution in [0.5, 0.6) is 0 Å². The normalized spacial score (nSPS) is 14.7. The van der Waals surface area contributed by atoms with E-state index in [1.165, 1.54) is 6.21 Å². The van der Waals surface area contributed by atoms with Crippen LogP contribution in [-0.2, 0) is 16.4 Å². The van der Waals surface area contributed by atoms with Gasteiger partial charge in [-0.25, -0.2) is 12.7 Å². The molecule has 1 aromatic carbocycles. The maximum Gasteiger partial charge on any atom is 0.484 e. The highest BCUT2D eigenvalue weighted by atomic mass is 32.2. The highest BCUT2D eigenvalue weighted by Gasteiger charge is 2.36. The third-order valence-electron chi connectivity index (χ3n) is 3.10. The van der Waals surface area contributed by atoms with Crippen molar-refractivity contribution in [2.75, 3.05) is 5.75 Å². The second-order valence-electron chi connectivity index (χ2n) is 4.52. The standard InChI is InChI=1S/C12H17BN2O3S/c1-3-7-19(17,18)15-13(16)12-6-5-10(4-2)8-11(12)9-14-15/h5-6,8-9,16H,3-4,7H2,1-2H3. The maximum atomic E-state index is 12.0. The molecule has 7 heteroatoms. The van der Waals surface area contributed by atoms with E-state index in [2.05, 4.69) is 5.10 Å². The molecule has 5 nitrogen and oxygen atoms in total. The molecule has 0 aliphatic carbocycles.